The van der Waals surface area contributed by atoms with Crippen molar-refractivity contribution in [1.29, 1.82) is 0 Å². The number of nitrogen functional groups attached to an aromatic ring is 1. The standard InChI is InChI=1S/C15H14N4/c1-11-9-13(15(16)17-10-11)14-7-8-18-19(14)12-5-3-2-4-6-12/h2-10H,1H3,(H2,16,17). The molecule has 0 aliphatic carbocycles. The molecule has 4 heteroatoms. The molecule has 0 saturated heterocycles. The van der Waals surface area contributed by atoms with Gasteiger partial charge in [-0.3, -0.25) is 0 Å². The fourth-order valence-corrected chi connectivity index (χ4v) is 2.07. The average Bonchev–Trinajstić information content (AvgIpc) is 2.91. The smallest absolute Gasteiger partial charge is 0.132 e. The summed E-state index contributed by atoms with van der Waals surface area (Å²) in [6.07, 6.45) is 3.53. The molecule has 0 bridgehead atoms. The molecule has 0 atom stereocenters. The Hall–Kier alpha value is -2.62. The number of nitrogens with two attached hydrogens (primary N) is 1. The number of hydrogen-bond donors (Lipinski definition) is 1. The lowest BCUT2D eigenvalue weighted by atomic mass is 10.1. The Balaban J connectivity index is 2.18. The van der Waals surface area contributed by atoms with Crippen molar-refractivity contribution < 1.29 is 0 Å². The van der Waals surface area contributed by atoms with E-state index in [0.29, 0.717) is 5.82 Å². The van der Waals surface area contributed by atoms with Gasteiger partial charge in [-0.05, 0) is 36.8 Å². The second-order valence-electron chi connectivity index (χ2n) is 4.41. The quantitative estimate of drug-likeness (QED) is 0.760. The number of benzene rings is 1. The molecule has 2 heterocycles. The molecular weight excluding hydrogens is 236 g/mol. The summed E-state index contributed by atoms with van der Waals surface area (Å²) < 4.78 is 1.87. The molecule has 2 aromatic heterocycles. The zero-order valence-electron chi connectivity index (χ0n) is 10.6. The maximum Gasteiger partial charge on any atom is 0.132 e. The highest BCUT2D eigenvalue weighted by atomic mass is 15.3. The van der Waals surface area contributed by atoms with Crippen LogP contribution in [0.3, 0.4) is 0 Å². The van der Waals surface area contributed by atoms with Crippen molar-refractivity contribution in [2.75, 3.05) is 5.73 Å². The van der Waals surface area contributed by atoms with Gasteiger partial charge in [0.25, 0.3) is 0 Å². The van der Waals surface area contributed by atoms with Gasteiger partial charge in [-0.15, -0.1) is 0 Å². The molecule has 1 aromatic carbocycles. The first kappa shape index (κ1) is 11.5. The minimum atomic E-state index is 0.517. The molecule has 3 aromatic rings. The maximum atomic E-state index is 5.98. The molecule has 0 saturated carbocycles. The molecule has 0 aliphatic rings. The summed E-state index contributed by atoms with van der Waals surface area (Å²) in [5.74, 6) is 0.517. The van der Waals surface area contributed by atoms with Crippen LogP contribution in [-0.4, -0.2) is 14.8 Å². The summed E-state index contributed by atoms with van der Waals surface area (Å²) in [7, 11) is 0. The van der Waals surface area contributed by atoms with Crippen LogP contribution in [0.1, 0.15) is 5.56 Å². The Morgan fingerprint density at radius 2 is 1.89 bits per heavy atom. The number of aryl methyl sites for hydroxylation is 1. The average molecular weight is 250 g/mol. The van der Waals surface area contributed by atoms with Crippen LogP contribution < -0.4 is 5.73 Å². The summed E-state index contributed by atoms with van der Waals surface area (Å²) in [5, 5.41) is 4.37. The van der Waals surface area contributed by atoms with Crippen molar-refractivity contribution in [3.63, 3.8) is 0 Å². The van der Waals surface area contributed by atoms with E-state index >= 15 is 0 Å². The molecule has 2 N–H and O–H groups in total. The summed E-state index contributed by atoms with van der Waals surface area (Å²) in [6, 6.07) is 13.9. The fourth-order valence-electron chi connectivity index (χ4n) is 2.07. The minimum Gasteiger partial charge on any atom is -0.383 e. The third-order valence-corrected chi connectivity index (χ3v) is 2.97. The molecule has 94 valence electrons. The zero-order valence-corrected chi connectivity index (χ0v) is 10.6. The lowest BCUT2D eigenvalue weighted by Crippen LogP contribution is -2.02. The van der Waals surface area contributed by atoms with E-state index in [-0.39, 0.29) is 0 Å². The lowest BCUT2D eigenvalue weighted by molar-refractivity contribution is 0.887. The topological polar surface area (TPSA) is 56.7 Å². The Morgan fingerprint density at radius 3 is 2.68 bits per heavy atom. The summed E-state index contributed by atoms with van der Waals surface area (Å²) in [5.41, 5.74) is 9.90. The van der Waals surface area contributed by atoms with Gasteiger partial charge >= 0.3 is 0 Å². The molecular formula is C15H14N4. The molecule has 0 amide bonds. The summed E-state index contributed by atoms with van der Waals surface area (Å²) >= 11 is 0. The third kappa shape index (κ3) is 2.08. The number of nitrogens with zero attached hydrogens (tertiary/aromatic N) is 3. The van der Waals surface area contributed by atoms with Crippen molar-refractivity contribution >= 4 is 5.82 Å². The lowest BCUT2D eigenvalue weighted by Gasteiger charge is -2.09. The predicted molar refractivity (Wildman–Crippen MR) is 75.9 cm³/mol. The predicted octanol–water partition coefficient (Wildman–Crippen LogP) is 2.82. The fraction of sp³-hybridized carbons (Fsp3) is 0.0667. The van der Waals surface area contributed by atoms with Gasteiger partial charge in [0.05, 0.1) is 17.6 Å². The van der Waals surface area contributed by atoms with E-state index in [2.05, 4.69) is 10.1 Å². The van der Waals surface area contributed by atoms with Crippen LogP contribution in [-0.2, 0) is 0 Å². The Kier molecular flexibility index (Phi) is 2.76. The molecule has 0 spiro atoms. The first-order valence-electron chi connectivity index (χ1n) is 6.07. The number of anilines is 1. The summed E-state index contributed by atoms with van der Waals surface area (Å²) in [6.45, 7) is 2.00. The van der Waals surface area contributed by atoms with E-state index in [1.807, 2.05) is 54.1 Å². The largest absolute Gasteiger partial charge is 0.383 e. The van der Waals surface area contributed by atoms with Gasteiger partial charge < -0.3 is 5.73 Å². The highest BCUT2D eigenvalue weighted by Gasteiger charge is 2.11. The normalized spacial score (nSPS) is 10.6. The maximum absolute atomic E-state index is 5.98. The van der Waals surface area contributed by atoms with E-state index in [0.717, 1.165) is 22.5 Å². The van der Waals surface area contributed by atoms with Gasteiger partial charge in [-0.25, -0.2) is 9.67 Å². The monoisotopic (exact) mass is 250 g/mol. The number of para-hydroxylation sites is 1. The number of pyridine rings is 1. The first-order chi connectivity index (χ1) is 9.25. The highest BCUT2D eigenvalue weighted by Crippen LogP contribution is 2.26. The molecule has 0 aliphatic heterocycles. The van der Waals surface area contributed by atoms with Crippen molar-refractivity contribution in [2.24, 2.45) is 0 Å². The number of rotatable bonds is 2. The number of hydrogen-bond acceptors (Lipinski definition) is 3. The minimum absolute atomic E-state index is 0.517. The van der Waals surface area contributed by atoms with Crippen LogP contribution in [0.15, 0.2) is 54.9 Å². The van der Waals surface area contributed by atoms with Gasteiger partial charge in [0.2, 0.25) is 0 Å². The Labute approximate surface area is 111 Å². The zero-order chi connectivity index (χ0) is 13.2. The number of aromatic nitrogens is 3. The molecule has 4 nitrogen and oxygen atoms in total. The first-order valence-corrected chi connectivity index (χ1v) is 6.07. The highest BCUT2D eigenvalue weighted by molar-refractivity contribution is 5.72. The van der Waals surface area contributed by atoms with Gasteiger partial charge in [-0.1, -0.05) is 18.2 Å². The Bertz CT molecular complexity index is 701. The SMILES string of the molecule is Cc1cnc(N)c(-c2ccnn2-c2ccccc2)c1. The van der Waals surface area contributed by atoms with Crippen LogP contribution in [0.4, 0.5) is 5.82 Å². The van der Waals surface area contributed by atoms with Crippen molar-refractivity contribution in [2.45, 2.75) is 6.92 Å². The van der Waals surface area contributed by atoms with E-state index in [4.69, 9.17) is 5.73 Å². The van der Waals surface area contributed by atoms with Crippen LogP contribution in [0.5, 0.6) is 0 Å². The van der Waals surface area contributed by atoms with E-state index < -0.39 is 0 Å². The van der Waals surface area contributed by atoms with Gasteiger partial charge in [-0.2, -0.15) is 5.10 Å². The van der Waals surface area contributed by atoms with Crippen molar-refractivity contribution in [3.8, 4) is 16.9 Å². The second-order valence-corrected chi connectivity index (χ2v) is 4.41. The summed E-state index contributed by atoms with van der Waals surface area (Å²) in [4.78, 5) is 4.21. The van der Waals surface area contributed by atoms with E-state index in [1.54, 1.807) is 12.4 Å². The van der Waals surface area contributed by atoms with Crippen molar-refractivity contribution in [1.82, 2.24) is 14.8 Å². The van der Waals surface area contributed by atoms with E-state index in [1.165, 1.54) is 0 Å². The van der Waals surface area contributed by atoms with Crippen LogP contribution in [0, 0.1) is 6.92 Å². The van der Waals surface area contributed by atoms with Crippen molar-refractivity contribution in [3.05, 3.63) is 60.4 Å². The molecule has 0 unspecified atom stereocenters. The van der Waals surface area contributed by atoms with Crippen LogP contribution in [0.2, 0.25) is 0 Å². The molecule has 0 radical (unpaired) electrons. The molecule has 19 heavy (non-hydrogen) atoms. The molecule has 3 rings (SSSR count). The molecule has 0 fully saturated rings. The second kappa shape index (κ2) is 4.57. The van der Waals surface area contributed by atoms with Gasteiger partial charge in [0.1, 0.15) is 5.82 Å². The van der Waals surface area contributed by atoms with Crippen LogP contribution in [0.25, 0.3) is 16.9 Å². The third-order valence-electron chi connectivity index (χ3n) is 2.97. The van der Waals surface area contributed by atoms with Gasteiger partial charge in [0.15, 0.2) is 0 Å². The van der Waals surface area contributed by atoms with Crippen LogP contribution >= 0.6 is 0 Å². The Morgan fingerprint density at radius 1 is 1.11 bits per heavy atom. The van der Waals surface area contributed by atoms with Gasteiger partial charge in [0, 0.05) is 11.8 Å². The van der Waals surface area contributed by atoms with E-state index in [9.17, 15) is 0 Å².